The van der Waals surface area contributed by atoms with E-state index in [1.54, 1.807) is 10.6 Å². The van der Waals surface area contributed by atoms with Crippen LogP contribution in [0.15, 0.2) is 60.7 Å². The highest BCUT2D eigenvalue weighted by molar-refractivity contribution is 6.31. The molecular weight excluding hydrogens is 466 g/mol. The number of hydrogen-bond donors (Lipinski definition) is 2. The van der Waals surface area contributed by atoms with Gasteiger partial charge in [0.1, 0.15) is 16.9 Å². The molecule has 6 rings (SSSR count). The van der Waals surface area contributed by atoms with Gasteiger partial charge in [-0.1, -0.05) is 35.9 Å². The Hall–Kier alpha value is -4.30. The van der Waals surface area contributed by atoms with Gasteiger partial charge in [-0.05, 0) is 54.4 Å². The number of rotatable bonds is 4. The van der Waals surface area contributed by atoms with Crippen LogP contribution < -0.4 is 20.5 Å². The molecule has 0 radical (unpaired) electrons. The molecule has 0 atom stereocenters. The molecule has 0 spiro atoms. The molecule has 2 aromatic heterocycles. The monoisotopic (exact) mass is 485 g/mol. The van der Waals surface area contributed by atoms with Crippen molar-refractivity contribution >= 4 is 45.5 Å². The van der Waals surface area contributed by atoms with Crippen molar-refractivity contribution < 1.29 is 14.3 Å². The van der Waals surface area contributed by atoms with Crippen LogP contribution in [0.4, 0.5) is 5.82 Å². The van der Waals surface area contributed by atoms with Crippen molar-refractivity contribution in [3.05, 3.63) is 82.4 Å². The Morgan fingerprint density at radius 1 is 1.06 bits per heavy atom. The summed E-state index contributed by atoms with van der Waals surface area (Å²) in [6, 6.07) is 18.6. The molecule has 5 aromatic rings. The van der Waals surface area contributed by atoms with Crippen LogP contribution in [0.25, 0.3) is 27.9 Å². The van der Waals surface area contributed by atoms with E-state index in [1.165, 1.54) is 0 Å². The van der Waals surface area contributed by atoms with Crippen LogP contribution in [0.5, 0.6) is 11.5 Å². The Balaban J connectivity index is 1.45. The van der Waals surface area contributed by atoms with Crippen LogP contribution in [0, 0.1) is 6.92 Å². The molecule has 0 aliphatic carbocycles. The summed E-state index contributed by atoms with van der Waals surface area (Å²) in [5.41, 5.74) is 11.6. The second-order valence-corrected chi connectivity index (χ2v) is 8.69. The van der Waals surface area contributed by atoms with Crippen molar-refractivity contribution in [2.45, 2.75) is 13.5 Å². The number of nitrogens with one attached hydrogen (secondary N) is 1. The third-order valence-corrected chi connectivity index (χ3v) is 6.44. The quantitative estimate of drug-likeness (QED) is 0.380. The number of amides is 1. The molecule has 1 aliphatic rings. The molecule has 1 aliphatic heterocycles. The van der Waals surface area contributed by atoms with Gasteiger partial charge in [0.2, 0.25) is 6.79 Å². The van der Waals surface area contributed by atoms with Crippen LogP contribution >= 0.6 is 11.6 Å². The number of hydrogen-bond acceptors (Lipinski definition) is 6. The van der Waals surface area contributed by atoms with E-state index in [2.05, 4.69) is 5.32 Å². The van der Waals surface area contributed by atoms with Gasteiger partial charge in [0.25, 0.3) is 5.91 Å². The maximum atomic E-state index is 13.4. The normalized spacial score (nSPS) is 12.4. The zero-order valence-electron chi connectivity index (χ0n) is 18.7. The van der Waals surface area contributed by atoms with Gasteiger partial charge in [0.15, 0.2) is 17.1 Å². The average molecular weight is 486 g/mol. The molecule has 0 saturated heterocycles. The first kappa shape index (κ1) is 21.2. The molecular formula is C26H20ClN5O3. The van der Waals surface area contributed by atoms with E-state index in [1.807, 2.05) is 61.5 Å². The van der Waals surface area contributed by atoms with Gasteiger partial charge in [-0.25, -0.2) is 9.97 Å². The van der Waals surface area contributed by atoms with Crippen LogP contribution in [0.2, 0.25) is 5.02 Å². The summed E-state index contributed by atoms with van der Waals surface area (Å²) >= 11 is 6.40. The third kappa shape index (κ3) is 3.59. The van der Waals surface area contributed by atoms with Crippen LogP contribution in [-0.4, -0.2) is 27.2 Å². The number of ether oxygens (including phenoxy) is 2. The molecule has 0 fully saturated rings. The van der Waals surface area contributed by atoms with E-state index in [4.69, 9.17) is 36.8 Å². The minimum Gasteiger partial charge on any atom is -0.454 e. The lowest BCUT2D eigenvalue weighted by molar-refractivity contribution is 0.0953. The largest absolute Gasteiger partial charge is 0.454 e. The van der Waals surface area contributed by atoms with E-state index in [-0.39, 0.29) is 30.6 Å². The third-order valence-electron chi connectivity index (χ3n) is 6.03. The molecule has 0 unspecified atom stereocenters. The minimum absolute atomic E-state index is 0.191. The molecule has 3 aromatic carbocycles. The second-order valence-electron chi connectivity index (χ2n) is 8.28. The predicted molar refractivity (Wildman–Crippen MR) is 134 cm³/mol. The predicted octanol–water partition coefficient (Wildman–Crippen LogP) is 4.78. The highest BCUT2D eigenvalue weighted by atomic mass is 35.5. The molecule has 0 bridgehead atoms. The number of para-hydroxylation sites is 2. The summed E-state index contributed by atoms with van der Waals surface area (Å²) in [4.78, 5) is 23.0. The summed E-state index contributed by atoms with van der Waals surface area (Å²) in [6.45, 7) is 2.39. The van der Waals surface area contributed by atoms with Crippen LogP contribution in [0.3, 0.4) is 0 Å². The number of nitrogens with zero attached hydrogens (tertiary/aromatic N) is 3. The van der Waals surface area contributed by atoms with Gasteiger partial charge in [0.05, 0.1) is 16.7 Å². The summed E-state index contributed by atoms with van der Waals surface area (Å²) in [5, 5.41) is 3.54. The van der Waals surface area contributed by atoms with E-state index in [0.717, 1.165) is 11.1 Å². The first-order valence-electron chi connectivity index (χ1n) is 11.0. The summed E-state index contributed by atoms with van der Waals surface area (Å²) in [7, 11) is 0. The number of fused-ring (bicyclic) bond motifs is 3. The fourth-order valence-corrected chi connectivity index (χ4v) is 4.36. The van der Waals surface area contributed by atoms with Gasteiger partial charge in [-0.3, -0.25) is 9.36 Å². The molecule has 3 heterocycles. The fraction of sp³-hybridized carbons (Fsp3) is 0.115. The topological polar surface area (TPSA) is 104 Å². The Morgan fingerprint density at radius 3 is 2.63 bits per heavy atom. The lowest BCUT2D eigenvalue weighted by Crippen LogP contribution is -2.24. The Labute approximate surface area is 205 Å². The SMILES string of the molecule is Cc1ccc(-n2c(N)c(C(=O)NCc3ccc4c(c3)OCO4)c3nc4ccccc4nc32)cc1Cl. The number of carbonyl (C=O) groups excluding carboxylic acids is 1. The van der Waals surface area contributed by atoms with Crippen LogP contribution in [0.1, 0.15) is 21.5 Å². The van der Waals surface area contributed by atoms with E-state index < -0.39 is 0 Å². The zero-order chi connectivity index (χ0) is 24.1. The number of anilines is 1. The summed E-state index contributed by atoms with van der Waals surface area (Å²) < 4.78 is 12.5. The number of benzene rings is 3. The highest BCUT2D eigenvalue weighted by Crippen LogP contribution is 2.34. The lowest BCUT2D eigenvalue weighted by atomic mass is 10.2. The fourth-order valence-electron chi connectivity index (χ4n) is 4.19. The van der Waals surface area contributed by atoms with Gasteiger partial charge in [-0.2, -0.15) is 0 Å². The highest BCUT2D eigenvalue weighted by Gasteiger charge is 2.25. The van der Waals surface area contributed by atoms with Gasteiger partial charge >= 0.3 is 0 Å². The molecule has 1 amide bonds. The van der Waals surface area contributed by atoms with Gasteiger partial charge in [0, 0.05) is 11.6 Å². The molecule has 8 nitrogen and oxygen atoms in total. The van der Waals surface area contributed by atoms with Crippen molar-refractivity contribution in [1.29, 1.82) is 0 Å². The molecule has 0 saturated carbocycles. The van der Waals surface area contributed by atoms with Gasteiger partial charge in [-0.15, -0.1) is 0 Å². The number of aromatic nitrogens is 3. The second kappa shape index (κ2) is 8.18. The minimum atomic E-state index is -0.355. The molecule has 9 heteroatoms. The summed E-state index contributed by atoms with van der Waals surface area (Å²) in [5.74, 6) is 1.22. The molecule has 35 heavy (non-hydrogen) atoms. The van der Waals surface area contributed by atoms with Crippen molar-refractivity contribution in [1.82, 2.24) is 19.9 Å². The Bertz CT molecular complexity index is 1650. The van der Waals surface area contributed by atoms with E-state index in [0.29, 0.717) is 44.4 Å². The van der Waals surface area contributed by atoms with Crippen LogP contribution in [-0.2, 0) is 6.54 Å². The maximum absolute atomic E-state index is 13.4. The van der Waals surface area contributed by atoms with Crippen molar-refractivity contribution in [2.75, 3.05) is 12.5 Å². The number of nitrogen functional groups attached to an aromatic ring is 1. The number of halogens is 1. The molecule has 3 N–H and O–H groups in total. The zero-order valence-corrected chi connectivity index (χ0v) is 19.5. The number of aryl methyl sites for hydroxylation is 1. The Morgan fingerprint density at radius 2 is 1.83 bits per heavy atom. The first-order chi connectivity index (χ1) is 17.0. The number of nitrogens with two attached hydrogens (primary N) is 1. The maximum Gasteiger partial charge on any atom is 0.257 e. The standard InChI is InChI=1S/C26H20ClN5O3/c1-14-6-8-16(11-17(14)27)32-24(28)22(23-25(32)31-19-5-3-2-4-18(19)30-23)26(33)29-12-15-7-9-20-21(10-15)35-13-34-20/h2-11H,12-13,28H2,1H3,(H,29,33). The van der Waals surface area contributed by atoms with Gasteiger partial charge < -0.3 is 20.5 Å². The molecule has 174 valence electrons. The first-order valence-corrected chi connectivity index (χ1v) is 11.4. The smallest absolute Gasteiger partial charge is 0.257 e. The lowest BCUT2D eigenvalue weighted by Gasteiger charge is -2.10. The summed E-state index contributed by atoms with van der Waals surface area (Å²) in [6.07, 6.45) is 0. The number of carbonyl (C=O) groups is 1. The average Bonchev–Trinajstić information content (AvgIpc) is 3.44. The van der Waals surface area contributed by atoms with Crippen molar-refractivity contribution in [2.24, 2.45) is 0 Å². The van der Waals surface area contributed by atoms with Crippen molar-refractivity contribution in [3.8, 4) is 17.2 Å². The van der Waals surface area contributed by atoms with E-state index >= 15 is 0 Å². The van der Waals surface area contributed by atoms with E-state index in [9.17, 15) is 4.79 Å². The Kier molecular flexibility index (Phi) is 4.96. The van der Waals surface area contributed by atoms with Crippen molar-refractivity contribution in [3.63, 3.8) is 0 Å².